The monoisotopic (exact) mass is 356 g/mol. The topological polar surface area (TPSA) is 54.7 Å². The van der Waals surface area contributed by atoms with E-state index < -0.39 is 0 Å². The lowest BCUT2D eigenvalue weighted by molar-refractivity contribution is 0.0907. The van der Waals surface area contributed by atoms with Gasteiger partial charge >= 0.3 is 0 Å². The summed E-state index contributed by atoms with van der Waals surface area (Å²) in [5.41, 5.74) is 3.07. The molecule has 26 heavy (non-hydrogen) atoms. The minimum atomic E-state index is -0.0268. The third-order valence-corrected chi connectivity index (χ3v) is 5.09. The van der Waals surface area contributed by atoms with Gasteiger partial charge in [0.2, 0.25) is 0 Å². The first-order chi connectivity index (χ1) is 12.5. The number of hydrogen-bond acceptors (Lipinski definition) is 4. The molecule has 3 rings (SSSR count). The van der Waals surface area contributed by atoms with Crippen molar-refractivity contribution >= 4 is 5.91 Å². The van der Waals surface area contributed by atoms with Crippen LogP contribution in [0.4, 0.5) is 0 Å². The molecule has 2 aromatic rings. The molecule has 0 atom stereocenters. The van der Waals surface area contributed by atoms with E-state index in [1.54, 1.807) is 7.11 Å². The van der Waals surface area contributed by atoms with Gasteiger partial charge in [0.25, 0.3) is 5.91 Å². The number of methoxy groups -OCH3 is 1. The molecule has 1 fully saturated rings. The second kappa shape index (κ2) is 7.96. The van der Waals surface area contributed by atoms with E-state index in [-0.39, 0.29) is 11.9 Å². The minimum absolute atomic E-state index is 0.0268. The molecule has 1 aliphatic heterocycles. The molecule has 1 amide bonds. The van der Waals surface area contributed by atoms with Crippen LogP contribution in [0, 0.1) is 20.8 Å². The normalized spacial score (nSPS) is 15.8. The summed E-state index contributed by atoms with van der Waals surface area (Å²) in [5, 5.41) is 3.15. The largest absolute Gasteiger partial charge is 0.496 e. The van der Waals surface area contributed by atoms with Crippen molar-refractivity contribution in [3.05, 3.63) is 52.5 Å². The molecule has 0 unspecified atom stereocenters. The summed E-state index contributed by atoms with van der Waals surface area (Å²) in [6.07, 6.45) is 1.93. The number of nitrogens with zero attached hydrogens (tertiary/aromatic N) is 1. The molecule has 1 saturated heterocycles. The van der Waals surface area contributed by atoms with Crippen molar-refractivity contribution in [2.24, 2.45) is 0 Å². The number of piperidine rings is 1. The van der Waals surface area contributed by atoms with Crippen LogP contribution in [-0.2, 0) is 6.54 Å². The molecule has 0 radical (unpaired) electrons. The molecule has 2 heterocycles. The average Bonchev–Trinajstić information content (AvgIpc) is 2.96. The summed E-state index contributed by atoms with van der Waals surface area (Å²) in [5.74, 6) is 2.37. The Morgan fingerprint density at radius 2 is 1.96 bits per heavy atom. The standard InChI is InChI=1S/C21H28N2O3/c1-14-5-6-17(12-20(14)25-4)13-23-9-7-18(8-10-23)22-21(24)19-11-15(2)26-16(19)3/h5-6,11-12,18H,7-10,13H2,1-4H3,(H,22,24). The fourth-order valence-electron chi connectivity index (χ4n) is 3.58. The number of rotatable bonds is 5. The molecular formula is C21H28N2O3. The van der Waals surface area contributed by atoms with Crippen molar-refractivity contribution in [3.63, 3.8) is 0 Å². The predicted molar refractivity (Wildman–Crippen MR) is 102 cm³/mol. The molecule has 0 saturated carbocycles. The summed E-state index contributed by atoms with van der Waals surface area (Å²) in [6, 6.07) is 8.42. The highest BCUT2D eigenvalue weighted by Gasteiger charge is 2.23. The van der Waals surface area contributed by atoms with Gasteiger partial charge in [0.05, 0.1) is 12.7 Å². The maximum Gasteiger partial charge on any atom is 0.255 e. The number of carbonyl (C=O) groups is 1. The van der Waals surface area contributed by atoms with Gasteiger partial charge < -0.3 is 14.5 Å². The van der Waals surface area contributed by atoms with Gasteiger partial charge in [-0.2, -0.15) is 0 Å². The van der Waals surface area contributed by atoms with E-state index in [1.165, 1.54) is 5.56 Å². The van der Waals surface area contributed by atoms with Crippen molar-refractivity contribution in [2.75, 3.05) is 20.2 Å². The highest BCUT2D eigenvalue weighted by atomic mass is 16.5. The van der Waals surface area contributed by atoms with E-state index in [1.807, 2.05) is 19.9 Å². The first-order valence-corrected chi connectivity index (χ1v) is 9.20. The van der Waals surface area contributed by atoms with Gasteiger partial charge in [-0.3, -0.25) is 9.69 Å². The summed E-state index contributed by atoms with van der Waals surface area (Å²) < 4.78 is 10.9. The summed E-state index contributed by atoms with van der Waals surface area (Å²) in [7, 11) is 1.71. The quantitative estimate of drug-likeness (QED) is 0.889. The lowest BCUT2D eigenvalue weighted by Crippen LogP contribution is -2.44. The van der Waals surface area contributed by atoms with E-state index >= 15 is 0 Å². The van der Waals surface area contributed by atoms with Crippen LogP contribution in [0.15, 0.2) is 28.7 Å². The minimum Gasteiger partial charge on any atom is -0.496 e. The van der Waals surface area contributed by atoms with Crippen molar-refractivity contribution in [3.8, 4) is 5.75 Å². The van der Waals surface area contributed by atoms with Gasteiger partial charge in [-0.05, 0) is 56.9 Å². The Morgan fingerprint density at radius 1 is 1.23 bits per heavy atom. The van der Waals surface area contributed by atoms with Crippen LogP contribution >= 0.6 is 0 Å². The van der Waals surface area contributed by atoms with E-state index in [4.69, 9.17) is 9.15 Å². The van der Waals surface area contributed by atoms with Crippen LogP contribution in [0.1, 0.15) is 45.8 Å². The zero-order valence-corrected chi connectivity index (χ0v) is 16.1. The Labute approximate surface area is 155 Å². The van der Waals surface area contributed by atoms with Crippen molar-refractivity contribution in [1.82, 2.24) is 10.2 Å². The van der Waals surface area contributed by atoms with Gasteiger partial charge in [0, 0.05) is 25.7 Å². The summed E-state index contributed by atoms with van der Waals surface area (Å²) >= 11 is 0. The van der Waals surface area contributed by atoms with E-state index in [0.717, 1.165) is 49.5 Å². The zero-order chi connectivity index (χ0) is 18.7. The number of hydrogen-bond donors (Lipinski definition) is 1. The highest BCUT2D eigenvalue weighted by molar-refractivity contribution is 5.95. The number of ether oxygens (including phenoxy) is 1. The third kappa shape index (κ3) is 4.28. The smallest absolute Gasteiger partial charge is 0.255 e. The van der Waals surface area contributed by atoms with Crippen LogP contribution in [0.25, 0.3) is 0 Å². The molecule has 0 aliphatic carbocycles. The van der Waals surface area contributed by atoms with Gasteiger partial charge in [-0.1, -0.05) is 12.1 Å². The third-order valence-electron chi connectivity index (χ3n) is 5.09. The van der Waals surface area contributed by atoms with Crippen molar-refractivity contribution in [2.45, 2.75) is 46.2 Å². The molecule has 1 aliphatic rings. The number of carbonyl (C=O) groups excluding carboxylic acids is 1. The maximum absolute atomic E-state index is 12.4. The van der Waals surface area contributed by atoms with Gasteiger partial charge in [0.1, 0.15) is 17.3 Å². The molecular weight excluding hydrogens is 328 g/mol. The van der Waals surface area contributed by atoms with Crippen LogP contribution in [0.3, 0.4) is 0 Å². The van der Waals surface area contributed by atoms with E-state index in [0.29, 0.717) is 11.3 Å². The molecule has 1 N–H and O–H groups in total. The van der Waals surface area contributed by atoms with Gasteiger partial charge in [-0.15, -0.1) is 0 Å². The number of nitrogens with one attached hydrogen (secondary N) is 1. The Kier molecular flexibility index (Phi) is 5.67. The predicted octanol–water partition coefficient (Wildman–Crippen LogP) is 3.61. The Morgan fingerprint density at radius 3 is 2.58 bits per heavy atom. The Bertz CT molecular complexity index is 774. The summed E-state index contributed by atoms with van der Waals surface area (Å²) in [6.45, 7) is 8.62. The molecule has 140 valence electrons. The first kappa shape index (κ1) is 18.5. The second-order valence-corrected chi connectivity index (χ2v) is 7.15. The molecule has 1 aromatic heterocycles. The number of benzene rings is 1. The number of likely N-dealkylation sites (tertiary alicyclic amines) is 1. The van der Waals surface area contributed by atoms with Gasteiger partial charge in [-0.25, -0.2) is 0 Å². The fraction of sp³-hybridized carbons (Fsp3) is 0.476. The maximum atomic E-state index is 12.4. The molecule has 0 bridgehead atoms. The average molecular weight is 356 g/mol. The molecule has 5 heteroatoms. The molecule has 1 aromatic carbocycles. The number of amides is 1. The Balaban J connectivity index is 1.51. The van der Waals surface area contributed by atoms with Crippen molar-refractivity contribution in [1.29, 1.82) is 0 Å². The number of furan rings is 1. The lowest BCUT2D eigenvalue weighted by atomic mass is 10.0. The second-order valence-electron chi connectivity index (χ2n) is 7.15. The Hall–Kier alpha value is -2.27. The number of aryl methyl sites for hydroxylation is 3. The first-order valence-electron chi connectivity index (χ1n) is 9.20. The van der Waals surface area contributed by atoms with Gasteiger partial charge in [0.15, 0.2) is 0 Å². The van der Waals surface area contributed by atoms with Crippen molar-refractivity contribution < 1.29 is 13.9 Å². The zero-order valence-electron chi connectivity index (χ0n) is 16.1. The van der Waals surface area contributed by atoms with Crippen LogP contribution in [0.2, 0.25) is 0 Å². The SMILES string of the molecule is COc1cc(CN2CCC(NC(=O)c3cc(C)oc3C)CC2)ccc1C. The van der Waals surface area contributed by atoms with E-state index in [9.17, 15) is 4.79 Å². The fourth-order valence-corrected chi connectivity index (χ4v) is 3.58. The lowest BCUT2D eigenvalue weighted by Gasteiger charge is -2.32. The van der Waals surface area contributed by atoms with Crippen LogP contribution in [-0.4, -0.2) is 37.0 Å². The molecule has 0 spiro atoms. The summed E-state index contributed by atoms with van der Waals surface area (Å²) in [4.78, 5) is 14.9. The van der Waals surface area contributed by atoms with Crippen LogP contribution < -0.4 is 10.1 Å². The van der Waals surface area contributed by atoms with E-state index in [2.05, 4.69) is 35.3 Å². The molecule has 5 nitrogen and oxygen atoms in total. The van der Waals surface area contributed by atoms with Crippen LogP contribution in [0.5, 0.6) is 5.75 Å². The highest BCUT2D eigenvalue weighted by Crippen LogP contribution is 2.22.